The molecule has 8 heteroatoms. The van der Waals surface area contributed by atoms with Gasteiger partial charge in [-0.15, -0.1) is 0 Å². The molecule has 1 aliphatic rings. The number of amides is 1. The van der Waals surface area contributed by atoms with Gasteiger partial charge in [0.2, 0.25) is 5.71 Å². The molecule has 1 aromatic carbocycles. The van der Waals surface area contributed by atoms with Crippen molar-refractivity contribution < 1.29 is 4.79 Å². The van der Waals surface area contributed by atoms with E-state index in [0.717, 1.165) is 12.8 Å². The fraction of sp³-hybridized carbons (Fsp3) is 0.188. The van der Waals surface area contributed by atoms with Crippen LogP contribution in [0.5, 0.6) is 0 Å². The molecule has 3 rings (SSSR count). The second kappa shape index (κ2) is 6.63. The van der Waals surface area contributed by atoms with Crippen LogP contribution in [0.2, 0.25) is 0 Å². The first-order valence-corrected chi connectivity index (χ1v) is 7.28. The van der Waals surface area contributed by atoms with Gasteiger partial charge in [0.15, 0.2) is 0 Å². The maximum absolute atomic E-state index is 12.2. The number of hydrazone groups is 1. The molecule has 0 aliphatic heterocycles. The van der Waals surface area contributed by atoms with Crippen LogP contribution >= 0.6 is 0 Å². The van der Waals surface area contributed by atoms with Gasteiger partial charge in [-0.2, -0.15) is 15.6 Å². The van der Waals surface area contributed by atoms with Crippen LogP contribution in [0.4, 0.5) is 5.69 Å². The maximum atomic E-state index is 12.2. The van der Waals surface area contributed by atoms with E-state index < -0.39 is 0 Å². The van der Waals surface area contributed by atoms with Crippen LogP contribution in [0.3, 0.4) is 0 Å². The fourth-order valence-corrected chi connectivity index (χ4v) is 2.08. The normalized spacial score (nSPS) is 12.6. The van der Waals surface area contributed by atoms with Crippen LogP contribution in [0, 0.1) is 22.7 Å². The zero-order valence-corrected chi connectivity index (χ0v) is 12.6. The van der Waals surface area contributed by atoms with E-state index in [1.165, 1.54) is 0 Å². The number of nitrogens with one attached hydrogen (secondary N) is 2. The van der Waals surface area contributed by atoms with E-state index in [0.29, 0.717) is 16.9 Å². The summed E-state index contributed by atoms with van der Waals surface area (Å²) in [5.41, 5.74) is 4.02. The number of carbonyl (C=O) groups excluding carboxylic acids is 1. The van der Waals surface area contributed by atoms with Gasteiger partial charge in [0.25, 0.3) is 5.91 Å². The number of nitrogens with zero attached hydrogens (tertiary/aromatic N) is 5. The number of hydrogen-bond donors (Lipinski definition) is 2. The standard InChI is InChI=1S/C16H13N7O/c17-8-13(9-18)21-22-14-7-11(16(24)20-12-2-3-12)1-4-15(14)23-6-5-19-10-23/h1,4-7,10,12,22H,2-3H2,(H,20,24). The average molecular weight is 319 g/mol. The monoisotopic (exact) mass is 319 g/mol. The topological polar surface area (TPSA) is 119 Å². The van der Waals surface area contributed by atoms with Gasteiger partial charge < -0.3 is 9.88 Å². The van der Waals surface area contributed by atoms with Gasteiger partial charge in [-0.05, 0) is 31.0 Å². The summed E-state index contributed by atoms with van der Waals surface area (Å²) in [6.45, 7) is 0. The number of rotatable bonds is 5. The molecule has 1 heterocycles. The highest BCUT2D eigenvalue weighted by Crippen LogP contribution is 2.24. The number of hydrogen-bond acceptors (Lipinski definition) is 6. The number of aromatic nitrogens is 2. The Morgan fingerprint density at radius 1 is 1.33 bits per heavy atom. The summed E-state index contributed by atoms with van der Waals surface area (Å²) < 4.78 is 1.73. The van der Waals surface area contributed by atoms with Crippen molar-refractivity contribution in [3.05, 3.63) is 42.5 Å². The summed E-state index contributed by atoms with van der Waals surface area (Å²) in [5.74, 6) is -0.164. The molecule has 0 bridgehead atoms. The molecular formula is C16H13N7O. The summed E-state index contributed by atoms with van der Waals surface area (Å²) in [4.78, 5) is 16.2. The number of imidazole rings is 1. The summed E-state index contributed by atoms with van der Waals surface area (Å²) in [7, 11) is 0. The smallest absolute Gasteiger partial charge is 0.251 e. The Hall–Kier alpha value is -3.65. The van der Waals surface area contributed by atoms with Crippen LogP contribution in [0.1, 0.15) is 23.2 Å². The molecule has 1 amide bonds. The first-order chi connectivity index (χ1) is 11.7. The second-order valence-corrected chi connectivity index (χ2v) is 5.25. The number of anilines is 1. The molecule has 8 nitrogen and oxygen atoms in total. The van der Waals surface area contributed by atoms with Gasteiger partial charge in [0.05, 0.1) is 17.7 Å². The highest BCUT2D eigenvalue weighted by molar-refractivity contribution is 6.10. The van der Waals surface area contributed by atoms with Crippen LogP contribution in [-0.2, 0) is 0 Å². The third kappa shape index (κ3) is 3.39. The van der Waals surface area contributed by atoms with Crippen molar-refractivity contribution in [2.45, 2.75) is 18.9 Å². The predicted octanol–water partition coefficient (Wildman–Crippen LogP) is 1.58. The molecule has 0 atom stereocenters. The maximum Gasteiger partial charge on any atom is 0.251 e. The van der Waals surface area contributed by atoms with E-state index in [-0.39, 0.29) is 17.7 Å². The molecule has 0 spiro atoms. The van der Waals surface area contributed by atoms with Crippen LogP contribution in [0.25, 0.3) is 5.69 Å². The lowest BCUT2D eigenvalue weighted by atomic mass is 10.1. The first-order valence-electron chi connectivity index (χ1n) is 7.28. The van der Waals surface area contributed by atoms with Crippen LogP contribution in [0.15, 0.2) is 42.0 Å². The summed E-state index contributed by atoms with van der Waals surface area (Å²) in [6, 6.07) is 8.69. The highest BCUT2D eigenvalue weighted by Gasteiger charge is 2.24. The first kappa shape index (κ1) is 15.3. The lowest BCUT2D eigenvalue weighted by Gasteiger charge is -2.12. The van der Waals surface area contributed by atoms with Crippen molar-refractivity contribution in [2.24, 2.45) is 5.10 Å². The number of benzene rings is 1. The van der Waals surface area contributed by atoms with Gasteiger partial charge in [-0.1, -0.05) is 0 Å². The second-order valence-electron chi connectivity index (χ2n) is 5.25. The van der Waals surface area contributed by atoms with E-state index in [1.807, 2.05) is 0 Å². The Kier molecular flexibility index (Phi) is 4.21. The zero-order chi connectivity index (χ0) is 16.9. The van der Waals surface area contributed by atoms with E-state index in [2.05, 4.69) is 20.8 Å². The molecule has 0 saturated heterocycles. The lowest BCUT2D eigenvalue weighted by Crippen LogP contribution is -2.25. The summed E-state index contributed by atoms with van der Waals surface area (Å²) in [5, 5.41) is 24.2. The highest BCUT2D eigenvalue weighted by atomic mass is 16.1. The molecule has 1 fully saturated rings. The van der Waals surface area contributed by atoms with E-state index in [9.17, 15) is 4.79 Å². The van der Waals surface area contributed by atoms with Crippen LogP contribution in [-0.4, -0.2) is 27.2 Å². The summed E-state index contributed by atoms with van der Waals surface area (Å²) in [6.07, 6.45) is 6.97. The molecule has 118 valence electrons. The number of nitriles is 2. The van der Waals surface area contributed by atoms with Crippen molar-refractivity contribution in [1.82, 2.24) is 14.9 Å². The molecule has 0 unspecified atom stereocenters. The predicted molar refractivity (Wildman–Crippen MR) is 86.3 cm³/mol. The minimum Gasteiger partial charge on any atom is -0.349 e. The van der Waals surface area contributed by atoms with Crippen molar-refractivity contribution >= 4 is 17.3 Å². The molecule has 2 aromatic rings. The molecular weight excluding hydrogens is 306 g/mol. The Morgan fingerprint density at radius 3 is 2.75 bits per heavy atom. The van der Waals surface area contributed by atoms with Crippen molar-refractivity contribution in [1.29, 1.82) is 10.5 Å². The fourth-order valence-electron chi connectivity index (χ4n) is 2.08. The van der Waals surface area contributed by atoms with Gasteiger partial charge in [-0.25, -0.2) is 4.98 Å². The van der Waals surface area contributed by atoms with Gasteiger partial charge in [0, 0.05) is 24.0 Å². The lowest BCUT2D eigenvalue weighted by molar-refractivity contribution is 0.0951. The van der Waals surface area contributed by atoms with Crippen LogP contribution < -0.4 is 10.7 Å². The third-order valence-electron chi connectivity index (χ3n) is 3.45. The molecule has 2 N–H and O–H groups in total. The Labute approximate surface area is 138 Å². The molecule has 0 radical (unpaired) electrons. The Bertz CT molecular complexity index is 851. The minimum absolute atomic E-state index is 0.164. The third-order valence-corrected chi connectivity index (χ3v) is 3.45. The zero-order valence-electron chi connectivity index (χ0n) is 12.6. The van der Waals surface area contributed by atoms with Crippen molar-refractivity contribution in [3.63, 3.8) is 0 Å². The average Bonchev–Trinajstić information content (AvgIpc) is 3.25. The summed E-state index contributed by atoms with van der Waals surface area (Å²) >= 11 is 0. The van der Waals surface area contributed by atoms with Gasteiger partial charge in [-0.3, -0.25) is 10.2 Å². The molecule has 24 heavy (non-hydrogen) atoms. The quantitative estimate of drug-likeness (QED) is 0.640. The Morgan fingerprint density at radius 2 is 2.12 bits per heavy atom. The van der Waals surface area contributed by atoms with Crippen molar-refractivity contribution in [2.75, 3.05) is 5.43 Å². The Balaban J connectivity index is 1.94. The minimum atomic E-state index is -0.306. The van der Waals surface area contributed by atoms with E-state index in [1.54, 1.807) is 53.6 Å². The largest absolute Gasteiger partial charge is 0.349 e. The molecule has 1 aromatic heterocycles. The van der Waals surface area contributed by atoms with E-state index >= 15 is 0 Å². The molecule has 1 saturated carbocycles. The van der Waals surface area contributed by atoms with E-state index in [4.69, 9.17) is 10.5 Å². The van der Waals surface area contributed by atoms with Gasteiger partial charge in [0.1, 0.15) is 12.1 Å². The van der Waals surface area contributed by atoms with Crippen molar-refractivity contribution in [3.8, 4) is 17.8 Å². The number of carbonyl (C=O) groups is 1. The molecule has 1 aliphatic carbocycles. The van der Waals surface area contributed by atoms with Gasteiger partial charge >= 0.3 is 0 Å². The SMILES string of the molecule is N#CC(C#N)=NNc1cc(C(=O)NC2CC2)ccc1-n1ccnc1.